The van der Waals surface area contributed by atoms with Crippen LogP contribution in [-0.4, -0.2) is 86.8 Å². The highest BCUT2D eigenvalue weighted by atomic mass is 16.5. The molecule has 2 fully saturated rings. The maximum absolute atomic E-state index is 8.57. The molecule has 0 N–H and O–H groups in total. The number of nitrogens with zero attached hydrogens (tertiary/aromatic N) is 4. The van der Waals surface area contributed by atoms with Gasteiger partial charge in [0.1, 0.15) is 0 Å². The van der Waals surface area contributed by atoms with Gasteiger partial charge in [-0.1, -0.05) is 0 Å². The van der Waals surface area contributed by atoms with Crippen LogP contribution in [0, 0.1) is 11.3 Å². The van der Waals surface area contributed by atoms with E-state index in [1.807, 2.05) is 0 Å². The van der Waals surface area contributed by atoms with E-state index in [4.69, 9.17) is 10.00 Å². The van der Waals surface area contributed by atoms with Crippen LogP contribution in [0.15, 0.2) is 0 Å². The lowest BCUT2D eigenvalue weighted by atomic mass is 10.3. The van der Waals surface area contributed by atoms with E-state index >= 15 is 0 Å². The molecule has 0 saturated carbocycles. The zero-order chi connectivity index (χ0) is 12.6. The van der Waals surface area contributed by atoms with Gasteiger partial charge in [-0.3, -0.25) is 14.7 Å². The van der Waals surface area contributed by atoms with Crippen molar-refractivity contribution in [3.63, 3.8) is 0 Å². The third-order valence-corrected chi connectivity index (χ3v) is 3.84. The summed E-state index contributed by atoms with van der Waals surface area (Å²) in [6.45, 7) is 11.8. The molecule has 18 heavy (non-hydrogen) atoms. The van der Waals surface area contributed by atoms with Crippen LogP contribution in [0.5, 0.6) is 0 Å². The van der Waals surface area contributed by atoms with Gasteiger partial charge in [-0.05, 0) is 0 Å². The molecule has 0 aromatic rings. The van der Waals surface area contributed by atoms with Gasteiger partial charge in [0.2, 0.25) is 0 Å². The molecule has 0 spiro atoms. The monoisotopic (exact) mass is 252 g/mol. The second-order valence-corrected chi connectivity index (χ2v) is 5.05. The van der Waals surface area contributed by atoms with Crippen molar-refractivity contribution in [2.45, 2.75) is 6.42 Å². The Morgan fingerprint density at radius 1 is 0.778 bits per heavy atom. The lowest BCUT2D eigenvalue weighted by Gasteiger charge is -2.36. The summed E-state index contributed by atoms with van der Waals surface area (Å²) in [6.07, 6.45) is 0.660. The second-order valence-electron chi connectivity index (χ2n) is 5.05. The lowest BCUT2D eigenvalue weighted by molar-refractivity contribution is 0.0300. The molecule has 102 valence electrons. The Morgan fingerprint density at radius 3 is 1.83 bits per heavy atom. The minimum Gasteiger partial charge on any atom is -0.379 e. The molecule has 0 unspecified atom stereocenters. The Kier molecular flexibility index (Phi) is 5.88. The Bertz CT molecular complexity index is 265. The average Bonchev–Trinajstić information content (AvgIpc) is 2.45. The summed E-state index contributed by atoms with van der Waals surface area (Å²) in [5, 5.41) is 8.57. The van der Waals surface area contributed by atoms with Crippen molar-refractivity contribution in [2.75, 3.05) is 72.1 Å². The standard InChI is InChI=1S/C13H24N4O/c14-2-1-3-15-4-6-16(7-5-15)8-9-17-10-12-18-13-11-17/h1,3-13H2. The molecular weight excluding hydrogens is 228 g/mol. The quantitative estimate of drug-likeness (QED) is 0.681. The number of rotatable bonds is 5. The summed E-state index contributed by atoms with van der Waals surface area (Å²) >= 11 is 0. The lowest BCUT2D eigenvalue weighted by Crippen LogP contribution is -2.49. The van der Waals surface area contributed by atoms with Crippen molar-refractivity contribution in [2.24, 2.45) is 0 Å². The fraction of sp³-hybridized carbons (Fsp3) is 0.923. The first-order chi connectivity index (χ1) is 8.88. The molecule has 0 bridgehead atoms. The van der Waals surface area contributed by atoms with Crippen molar-refractivity contribution in [1.82, 2.24) is 14.7 Å². The van der Waals surface area contributed by atoms with E-state index in [1.165, 1.54) is 13.1 Å². The van der Waals surface area contributed by atoms with Crippen LogP contribution in [0.1, 0.15) is 6.42 Å². The molecule has 2 rings (SSSR count). The van der Waals surface area contributed by atoms with Crippen LogP contribution in [-0.2, 0) is 4.74 Å². The van der Waals surface area contributed by atoms with Crippen molar-refractivity contribution in [3.8, 4) is 6.07 Å². The van der Waals surface area contributed by atoms with Crippen molar-refractivity contribution < 1.29 is 4.74 Å². The van der Waals surface area contributed by atoms with E-state index in [1.54, 1.807) is 0 Å². The summed E-state index contributed by atoms with van der Waals surface area (Å²) in [6, 6.07) is 2.22. The number of morpholine rings is 1. The van der Waals surface area contributed by atoms with Crippen LogP contribution in [0.25, 0.3) is 0 Å². The molecule has 0 radical (unpaired) electrons. The predicted molar refractivity (Wildman–Crippen MR) is 70.4 cm³/mol. The molecule has 5 nitrogen and oxygen atoms in total. The van der Waals surface area contributed by atoms with Gasteiger partial charge >= 0.3 is 0 Å². The smallest absolute Gasteiger partial charge is 0.0635 e. The average molecular weight is 252 g/mol. The summed E-state index contributed by atoms with van der Waals surface area (Å²) in [4.78, 5) is 7.43. The van der Waals surface area contributed by atoms with Crippen LogP contribution in [0.2, 0.25) is 0 Å². The number of piperazine rings is 1. The Labute approximate surface area is 110 Å². The fourth-order valence-corrected chi connectivity index (χ4v) is 2.55. The second kappa shape index (κ2) is 7.70. The van der Waals surface area contributed by atoms with Crippen LogP contribution < -0.4 is 0 Å². The highest BCUT2D eigenvalue weighted by Gasteiger charge is 2.17. The number of hydrogen-bond acceptors (Lipinski definition) is 5. The minimum absolute atomic E-state index is 0.660. The largest absolute Gasteiger partial charge is 0.379 e. The van der Waals surface area contributed by atoms with E-state index in [2.05, 4.69) is 20.8 Å². The van der Waals surface area contributed by atoms with Crippen molar-refractivity contribution in [3.05, 3.63) is 0 Å². The maximum Gasteiger partial charge on any atom is 0.0635 e. The minimum atomic E-state index is 0.660. The molecule has 0 aromatic carbocycles. The molecule has 0 aliphatic carbocycles. The van der Waals surface area contributed by atoms with Gasteiger partial charge < -0.3 is 4.74 Å². The molecule has 0 atom stereocenters. The van der Waals surface area contributed by atoms with Crippen LogP contribution in [0.4, 0.5) is 0 Å². The summed E-state index contributed by atoms with van der Waals surface area (Å²) < 4.78 is 5.35. The van der Waals surface area contributed by atoms with Gasteiger partial charge in [-0.2, -0.15) is 5.26 Å². The summed E-state index contributed by atoms with van der Waals surface area (Å²) in [7, 11) is 0. The first kappa shape index (κ1) is 13.8. The zero-order valence-corrected chi connectivity index (χ0v) is 11.2. The van der Waals surface area contributed by atoms with Crippen LogP contribution >= 0.6 is 0 Å². The third kappa shape index (κ3) is 4.54. The van der Waals surface area contributed by atoms with Gasteiger partial charge in [0.25, 0.3) is 0 Å². The Hall–Kier alpha value is -0.670. The predicted octanol–water partition coefficient (Wildman–Crippen LogP) is -0.150. The molecule has 5 heteroatoms. The molecule has 2 aliphatic heterocycles. The highest BCUT2D eigenvalue weighted by molar-refractivity contribution is 4.77. The first-order valence-electron chi connectivity index (χ1n) is 7.00. The Balaban J connectivity index is 1.57. The van der Waals surface area contributed by atoms with E-state index in [0.717, 1.165) is 59.0 Å². The fourth-order valence-electron chi connectivity index (χ4n) is 2.55. The zero-order valence-electron chi connectivity index (χ0n) is 11.2. The third-order valence-electron chi connectivity index (χ3n) is 3.84. The maximum atomic E-state index is 8.57. The van der Waals surface area contributed by atoms with E-state index in [0.29, 0.717) is 6.42 Å². The molecular formula is C13H24N4O. The molecule has 2 aliphatic rings. The number of hydrogen-bond donors (Lipinski definition) is 0. The summed E-state index contributed by atoms with van der Waals surface area (Å²) in [5.41, 5.74) is 0. The van der Waals surface area contributed by atoms with Crippen molar-refractivity contribution in [1.29, 1.82) is 5.26 Å². The van der Waals surface area contributed by atoms with Crippen LogP contribution in [0.3, 0.4) is 0 Å². The van der Waals surface area contributed by atoms with Crippen molar-refractivity contribution >= 4 is 0 Å². The SMILES string of the molecule is N#CCCN1CCN(CCN2CCOCC2)CC1. The molecule has 2 saturated heterocycles. The number of ether oxygens (including phenoxy) is 1. The topological polar surface area (TPSA) is 42.7 Å². The van der Waals surface area contributed by atoms with Gasteiger partial charge in [-0.25, -0.2) is 0 Å². The summed E-state index contributed by atoms with van der Waals surface area (Å²) in [5.74, 6) is 0. The van der Waals surface area contributed by atoms with E-state index in [9.17, 15) is 0 Å². The van der Waals surface area contributed by atoms with Gasteiger partial charge in [0.05, 0.1) is 19.3 Å². The molecule has 0 amide bonds. The highest BCUT2D eigenvalue weighted by Crippen LogP contribution is 2.03. The number of nitriles is 1. The van der Waals surface area contributed by atoms with Gasteiger partial charge in [-0.15, -0.1) is 0 Å². The van der Waals surface area contributed by atoms with E-state index in [-0.39, 0.29) is 0 Å². The Morgan fingerprint density at radius 2 is 1.28 bits per heavy atom. The molecule has 2 heterocycles. The van der Waals surface area contributed by atoms with Gasteiger partial charge in [0, 0.05) is 65.3 Å². The molecule has 0 aromatic heterocycles. The normalized spacial score (nSPS) is 23.9. The van der Waals surface area contributed by atoms with Gasteiger partial charge in [0.15, 0.2) is 0 Å². The first-order valence-corrected chi connectivity index (χ1v) is 7.00. The van der Waals surface area contributed by atoms with E-state index < -0.39 is 0 Å².